The molecule has 1 heterocycles. The van der Waals surface area contributed by atoms with Gasteiger partial charge in [0.15, 0.2) is 0 Å². The summed E-state index contributed by atoms with van der Waals surface area (Å²) >= 11 is 0. The minimum Gasteiger partial charge on any atom is -0.381 e. The van der Waals surface area contributed by atoms with Gasteiger partial charge in [0, 0.05) is 19.8 Å². The lowest BCUT2D eigenvalue weighted by molar-refractivity contribution is 0.0227. The predicted octanol–water partition coefficient (Wildman–Crippen LogP) is 2.40. The standard InChI is InChI=1S/C15H32N2O/c1-14(2,11-16)7-8-17-12-15(3,4)13-5-9-18-10-6-13/h13,17H,5-12,16H2,1-4H3. The van der Waals surface area contributed by atoms with Crippen molar-refractivity contribution >= 4 is 0 Å². The molecule has 1 aliphatic heterocycles. The zero-order chi connectivity index (χ0) is 13.6. The molecule has 18 heavy (non-hydrogen) atoms. The first-order chi connectivity index (χ1) is 8.37. The lowest BCUT2D eigenvalue weighted by Gasteiger charge is -2.37. The third kappa shape index (κ3) is 5.25. The molecule has 108 valence electrons. The van der Waals surface area contributed by atoms with Crippen molar-refractivity contribution in [1.82, 2.24) is 5.32 Å². The van der Waals surface area contributed by atoms with Crippen molar-refractivity contribution in [3.8, 4) is 0 Å². The fourth-order valence-electron chi connectivity index (χ4n) is 2.56. The van der Waals surface area contributed by atoms with Crippen LogP contribution in [0, 0.1) is 16.7 Å². The van der Waals surface area contributed by atoms with Crippen molar-refractivity contribution in [3.63, 3.8) is 0 Å². The highest BCUT2D eigenvalue weighted by Gasteiger charge is 2.30. The summed E-state index contributed by atoms with van der Waals surface area (Å²) in [5.41, 5.74) is 6.38. The summed E-state index contributed by atoms with van der Waals surface area (Å²) in [5.74, 6) is 0.793. The van der Waals surface area contributed by atoms with Gasteiger partial charge >= 0.3 is 0 Å². The van der Waals surface area contributed by atoms with E-state index in [9.17, 15) is 0 Å². The molecule has 0 spiro atoms. The van der Waals surface area contributed by atoms with E-state index < -0.39 is 0 Å². The monoisotopic (exact) mass is 256 g/mol. The van der Waals surface area contributed by atoms with Crippen LogP contribution in [0.3, 0.4) is 0 Å². The van der Waals surface area contributed by atoms with Crippen molar-refractivity contribution in [2.75, 3.05) is 32.8 Å². The second-order valence-electron chi connectivity index (χ2n) is 7.17. The third-order valence-corrected chi connectivity index (χ3v) is 4.44. The summed E-state index contributed by atoms with van der Waals surface area (Å²) in [6, 6.07) is 0. The van der Waals surface area contributed by atoms with Gasteiger partial charge in [-0.15, -0.1) is 0 Å². The van der Waals surface area contributed by atoms with Crippen molar-refractivity contribution in [3.05, 3.63) is 0 Å². The highest BCUT2D eigenvalue weighted by Crippen LogP contribution is 2.33. The molecule has 0 atom stereocenters. The van der Waals surface area contributed by atoms with E-state index in [1.807, 2.05) is 0 Å². The maximum atomic E-state index is 5.75. The van der Waals surface area contributed by atoms with Crippen LogP contribution in [0.4, 0.5) is 0 Å². The number of rotatable bonds is 7. The SMILES string of the molecule is CC(C)(CN)CCNCC(C)(C)C1CCOCC1. The molecule has 0 saturated carbocycles. The summed E-state index contributed by atoms with van der Waals surface area (Å²) in [5, 5.41) is 3.62. The molecule has 0 amide bonds. The molecule has 1 aliphatic rings. The van der Waals surface area contributed by atoms with E-state index in [1.54, 1.807) is 0 Å². The van der Waals surface area contributed by atoms with Gasteiger partial charge in [-0.3, -0.25) is 0 Å². The third-order valence-electron chi connectivity index (χ3n) is 4.44. The molecule has 0 radical (unpaired) electrons. The lowest BCUT2D eigenvalue weighted by atomic mass is 9.74. The van der Waals surface area contributed by atoms with Gasteiger partial charge in [0.2, 0.25) is 0 Å². The first-order valence-electron chi connectivity index (χ1n) is 7.36. The average Bonchev–Trinajstić information content (AvgIpc) is 2.36. The minimum absolute atomic E-state index is 0.260. The highest BCUT2D eigenvalue weighted by molar-refractivity contribution is 4.82. The van der Waals surface area contributed by atoms with Gasteiger partial charge < -0.3 is 15.8 Å². The summed E-state index contributed by atoms with van der Waals surface area (Å²) in [6.45, 7) is 14.0. The van der Waals surface area contributed by atoms with Crippen LogP contribution in [0.5, 0.6) is 0 Å². The summed E-state index contributed by atoms with van der Waals surface area (Å²) in [4.78, 5) is 0. The van der Waals surface area contributed by atoms with E-state index in [0.29, 0.717) is 5.41 Å². The molecule has 1 fully saturated rings. The Morgan fingerprint density at radius 3 is 2.33 bits per heavy atom. The van der Waals surface area contributed by atoms with Crippen molar-refractivity contribution in [2.45, 2.75) is 47.0 Å². The van der Waals surface area contributed by atoms with Gasteiger partial charge in [0.1, 0.15) is 0 Å². The molecular formula is C15H32N2O. The van der Waals surface area contributed by atoms with Gasteiger partial charge in [0.25, 0.3) is 0 Å². The molecule has 1 saturated heterocycles. The molecule has 3 N–H and O–H groups in total. The largest absolute Gasteiger partial charge is 0.381 e. The maximum Gasteiger partial charge on any atom is 0.0468 e. The molecule has 0 aromatic carbocycles. The van der Waals surface area contributed by atoms with Gasteiger partial charge in [-0.1, -0.05) is 27.7 Å². The molecule has 0 bridgehead atoms. The topological polar surface area (TPSA) is 47.3 Å². The Kier molecular flexibility index (Phi) is 6.09. The molecule has 0 aromatic heterocycles. The van der Waals surface area contributed by atoms with Crippen LogP contribution in [0.1, 0.15) is 47.0 Å². The first-order valence-corrected chi connectivity index (χ1v) is 7.36. The van der Waals surface area contributed by atoms with E-state index in [1.165, 1.54) is 12.8 Å². The Labute approximate surface area is 113 Å². The Hall–Kier alpha value is -0.120. The second-order valence-corrected chi connectivity index (χ2v) is 7.17. The number of hydrogen-bond acceptors (Lipinski definition) is 3. The van der Waals surface area contributed by atoms with Gasteiger partial charge in [-0.05, 0) is 49.1 Å². The van der Waals surface area contributed by atoms with Crippen molar-refractivity contribution in [1.29, 1.82) is 0 Å². The normalized spacial score (nSPS) is 19.2. The Morgan fingerprint density at radius 2 is 1.78 bits per heavy atom. The van der Waals surface area contributed by atoms with Crippen LogP contribution in [-0.2, 0) is 4.74 Å². The average molecular weight is 256 g/mol. The van der Waals surface area contributed by atoms with Crippen molar-refractivity contribution < 1.29 is 4.74 Å². The van der Waals surface area contributed by atoms with E-state index >= 15 is 0 Å². The van der Waals surface area contributed by atoms with Gasteiger partial charge in [-0.2, -0.15) is 0 Å². The lowest BCUT2D eigenvalue weighted by Crippen LogP contribution is -2.39. The van der Waals surface area contributed by atoms with Crippen LogP contribution in [0.25, 0.3) is 0 Å². The Bertz CT molecular complexity index is 233. The smallest absolute Gasteiger partial charge is 0.0468 e. The summed E-state index contributed by atoms with van der Waals surface area (Å²) in [7, 11) is 0. The molecule has 0 aromatic rings. The van der Waals surface area contributed by atoms with E-state index in [0.717, 1.165) is 45.2 Å². The summed E-state index contributed by atoms with van der Waals surface area (Å²) < 4.78 is 5.45. The summed E-state index contributed by atoms with van der Waals surface area (Å²) in [6.07, 6.45) is 3.57. The van der Waals surface area contributed by atoms with Crippen molar-refractivity contribution in [2.24, 2.45) is 22.5 Å². The molecular weight excluding hydrogens is 224 g/mol. The first kappa shape index (κ1) is 15.9. The predicted molar refractivity (Wildman–Crippen MR) is 77.6 cm³/mol. The Balaban J connectivity index is 2.24. The number of nitrogens with one attached hydrogen (secondary N) is 1. The molecule has 0 aliphatic carbocycles. The molecule has 3 heteroatoms. The zero-order valence-corrected chi connectivity index (χ0v) is 12.7. The van der Waals surface area contributed by atoms with E-state index in [4.69, 9.17) is 10.5 Å². The van der Waals surface area contributed by atoms with E-state index in [2.05, 4.69) is 33.0 Å². The second kappa shape index (κ2) is 6.88. The highest BCUT2D eigenvalue weighted by atomic mass is 16.5. The number of hydrogen-bond donors (Lipinski definition) is 2. The van der Waals surface area contributed by atoms with Crippen LogP contribution < -0.4 is 11.1 Å². The minimum atomic E-state index is 0.260. The molecule has 0 unspecified atom stereocenters. The quantitative estimate of drug-likeness (QED) is 0.688. The zero-order valence-electron chi connectivity index (χ0n) is 12.7. The van der Waals surface area contributed by atoms with E-state index in [-0.39, 0.29) is 5.41 Å². The van der Waals surface area contributed by atoms with Gasteiger partial charge in [-0.25, -0.2) is 0 Å². The number of ether oxygens (including phenoxy) is 1. The van der Waals surface area contributed by atoms with Gasteiger partial charge in [0.05, 0.1) is 0 Å². The Morgan fingerprint density at radius 1 is 1.17 bits per heavy atom. The molecule has 3 nitrogen and oxygen atoms in total. The number of nitrogens with two attached hydrogens (primary N) is 1. The van der Waals surface area contributed by atoms with Crippen LogP contribution in [0.15, 0.2) is 0 Å². The molecule has 1 rings (SSSR count). The van der Waals surface area contributed by atoms with Crippen LogP contribution >= 0.6 is 0 Å². The van der Waals surface area contributed by atoms with Crippen LogP contribution in [-0.4, -0.2) is 32.8 Å². The maximum absolute atomic E-state index is 5.75. The fourth-order valence-corrected chi connectivity index (χ4v) is 2.56. The fraction of sp³-hybridized carbons (Fsp3) is 1.00. The van der Waals surface area contributed by atoms with Crippen LogP contribution in [0.2, 0.25) is 0 Å².